The summed E-state index contributed by atoms with van der Waals surface area (Å²) in [6, 6.07) is 37.8. The van der Waals surface area contributed by atoms with Crippen LogP contribution in [0.25, 0.3) is 0 Å². The number of nitrogens with one attached hydrogen (secondary N) is 2. The largest absolute Gasteiger partial charge is 0.507 e. The summed E-state index contributed by atoms with van der Waals surface area (Å²) in [5, 5.41) is 86.1. The Hall–Kier alpha value is -8.94. The number of benzene rings is 8. The van der Waals surface area contributed by atoms with E-state index in [0.717, 1.165) is 44.5 Å². The topological polar surface area (TPSA) is 239 Å². The van der Waals surface area contributed by atoms with Crippen molar-refractivity contribution in [3.8, 4) is 34.5 Å². The first-order valence-corrected chi connectivity index (χ1v) is 41.5. The van der Waals surface area contributed by atoms with Crippen LogP contribution >= 0.6 is 21.6 Å². The third-order valence-corrected chi connectivity index (χ3v) is 24.4. The smallest absolute Gasteiger partial charge is 0.329 e. The van der Waals surface area contributed by atoms with E-state index in [0.29, 0.717) is 66.8 Å². The molecule has 8 N–H and O–H groups in total. The van der Waals surface area contributed by atoms with E-state index in [4.69, 9.17) is 9.47 Å². The fraction of sp³-hybridized carbons (Fsp3) is 0.447. The first-order chi connectivity index (χ1) is 52.3. The molecule has 0 saturated carbocycles. The van der Waals surface area contributed by atoms with E-state index < -0.39 is 80.4 Å². The second-order valence-corrected chi connectivity index (χ2v) is 39.6. The number of phenolic OH excluding ortho intramolecular Hbond substituents is 6. The Morgan fingerprint density at radius 1 is 0.348 bits per heavy atom. The van der Waals surface area contributed by atoms with Crippen molar-refractivity contribution in [2.24, 2.45) is 0 Å². The number of methoxy groups -OCH3 is 2. The number of amides is 2. The molecule has 0 unspecified atom stereocenters. The Morgan fingerprint density at radius 2 is 0.545 bits per heavy atom. The Balaban J connectivity index is 1.36. The van der Waals surface area contributed by atoms with Crippen molar-refractivity contribution < 1.29 is 59.3 Å². The molecule has 16 nitrogen and oxygen atoms in total. The summed E-state index contributed by atoms with van der Waals surface area (Å²) in [4.78, 5) is 65.0. The van der Waals surface area contributed by atoms with Crippen molar-refractivity contribution >= 4 is 45.3 Å². The van der Waals surface area contributed by atoms with Crippen LogP contribution in [0.5, 0.6) is 34.5 Å². The van der Waals surface area contributed by atoms with Crippen LogP contribution < -0.4 is 10.6 Å². The molecular formula is C94H118N4O12S2. The van der Waals surface area contributed by atoms with Gasteiger partial charge in [-0.05, 0) is 134 Å². The number of fused-ring (bicyclic) bond motifs is 25. The first-order valence-electron chi connectivity index (χ1n) is 39.0. The minimum atomic E-state index is -1.28. The van der Waals surface area contributed by atoms with E-state index in [-0.39, 0.29) is 111 Å². The van der Waals surface area contributed by atoms with Gasteiger partial charge in [0.05, 0.1) is 26.3 Å². The molecule has 18 heteroatoms. The summed E-state index contributed by atoms with van der Waals surface area (Å²) in [6.07, 6.45) is 0.309. The molecular weight excluding hydrogens is 1440 g/mol. The summed E-state index contributed by atoms with van der Waals surface area (Å²) in [5.74, 6) is -3.17. The van der Waals surface area contributed by atoms with Gasteiger partial charge in [-0.1, -0.05) is 280 Å². The van der Waals surface area contributed by atoms with Crippen LogP contribution in [-0.4, -0.2) is 114 Å². The Bertz CT molecular complexity index is 4290. The molecule has 2 amide bonds. The zero-order valence-electron chi connectivity index (χ0n) is 69.3. The van der Waals surface area contributed by atoms with E-state index >= 15 is 9.59 Å². The molecule has 0 aliphatic carbocycles. The van der Waals surface area contributed by atoms with Crippen molar-refractivity contribution in [2.45, 2.75) is 246 Å². The molecule has 10 rings (SSSR count). The number of phenols is 6. The number of aromatic hydroxyl groups is 6. The van der Waals surface area contributed by atoms with Gasteiger partial charge in [-0.25, -0.2) is 9.59 Å². The minimum absolute atomic E-state index is 0.0362. The van der Waals surface area contributed by atoms with E-state index in [1.807, 2.05) is 143 Å². The number of carbonyl (C=O) groups excluding carboxylic acids is 4. The second kappa shape index (κ2) is 34.0. The standard InChI is InChI=1S/C94H118N4O12S2/c1-89(2,3)69-37-57-33-61-41-71(91(7,8)9)45-65(81(61)101)49-97-51-67-47-73(93(13,14)15)43-63(83(67)103)35-59-39-70(90(4,5)6)40-60(80(59)100)36-64-44-74(94(16,17)18)48-68(84(64)104)52-98(50-66-46-72(92(10,11)12)42-62(82(66)102)34-58(38-69)79(57)99)78(32-56-29-25-22-26-30-56)86(106)96-76(88(108)110-20)54-112-111-53-75(87(107)109-19)95-85(105)77(97)31-55-27-23-21-24-28-55/h21-30,37-48,75-78,99-104H,31-36,49-54H2,1-20H3,(H,95,105)(H,96,106)/t75-,76-,77-,78+/m0/s1. The second-order valence-electron chi connectivity index (χ2n) is 37.0. The van der Waals surface area contributed by atoms with Gasteiger partial charge >= 0.3 is 11.9 Å². The maximum atomic E-state index is 16.2. The lowest BCUT2D eigenvalue weighted by atomic mass is 9.80. The van der Waals surface area contributed by atoms with Crippen LogP contribution in [0.1, 0.15) is 236 Å². The molecule has 4 atom stereocenters. The molecule has 2 aliphatic heterocycles. The van der Waals surface area contributed by atoms with E-state index in [2.05, 4.69) is 135 Å². The van der Waals surface area contributed by atoms with E-state index in [9.17, 15) is 40.2 Å². The molecule has 2 aliphatic rings. The lowest BCUT2D eigenvalue weighted by Crippen LogP contribution is -2.53. The summed E-state index contributed by atoms with van der Waals surface area (Å²) in [6.45, 7) is 37.2. The lowest BCUT2D eigenvalue weighted by Gasteiger charge is -2.34. The molecule has 8 aromatic carbocycles. The van der Waals surface area contributed by atoms with Crippen LogP contribution in [0.3, 0.4) is 0 Å². The molecule has 14 bridgehead atoms. The molecule has 0 aromatic heterocycles. The summed E-state index contributed by atoms with van der Waals surface area (Å²) >= 11 is 0. The number of ether oxygens (including phenoxy) is 2. The van der Waals surface area contributed by atoms with Gasteiger partial charge in [0.2, 0.25) is 11.8 Å². The van der Waals surface area contributed by atoms with Gasteiger partial charge in [0.1, 0.15) is 46.6 Å². The normalized spacial score (nSPS) is 19.0. The Labute approximate surface area is 672 Å². The van der Waals surface area contributed by atoms with E-state index in [1.54, 1.807) is 0 Å². The highest BCUT2D eigenvalue weighted by atomic mass is 33.1. The average Bonchev–Trinajstić information content (AvgIpc) is 0.783. The van der Waals surface area contributed by atoms with Gasteiger partial charge in [-0.15, -0.1) is 0 Å². The van der Waals surface area contributed by atoms with Crippen molar-refractivity contribution in [1.29, 1.82) is 0 Å². The summed E-state index contributed by atoms with van der Waals surface area (Å²) in [7, 11) is 4.86. The van der Waals surface area contributed by atoms with Crippen molar-refractivity contribution in [3.63, 3.8) is 0 Å². The van der Waals surface area contributed by atoms with Gasteiger partial charge in [-0.3, -0.25) is 19.4 Å². The molecule has 598 valence electrons. The third kappa shape index (κ3) is 20.5. The monoisotopic (exact) mass is 1560 g/mol. The highest BCUT2D eigenvalue weighted by Crippen LogP contribution is 2.45. The van der Waals surface area contributed by atoms with Gasteiger partial charge < -0.3 is 50.7 Å². The fourth-order valence-corrected chi connectivity index (χ4v) is 17.1. The van der Waals surface area contributed by atoms with Gasteiger partial charge in [0, 0.05) is 85.6 Å². The fourth-order valence-electron chi connectivity index (χ4n) is 14.8. The zero-order chi connectivity index (χ0) is 82.1. The number of rotatable bonds is 6. The number of hydrogen-bond donors (Lipinski definition) is 8. The van der Waals surface area contributed by atoms with Crippen LogP contribution in [0.2, 0.25) is 0 Å². The molecule has 8 aromatic rings. The molecule has 0 fully saturated rings. The first kappa shape index (κ1) is 85.5. The average molecular weight is 1560 g/mol. The van der Waals surface area contributed by atoms with E-state index in [1.165, 1.54) is 35.8 Å². The van der Waals surface area contributed by atoms with Gasteiger partial charge in [0.15, 0.2) is 0 Å². The Kier molecular flexibility index (Phi) is 26.0. The van der Waals surface area contributed by atoms with Crippen LogP contribution in [0.15, 0.2) is 133 Å². The van der Waals surface area contributed by atoms with Crippen molar-refractivity contribution in [2.75, 3.05) is 25.7 Å². The minimum Gasteiger partial charge on any atom is -0.507 e. The molecule has 0 saturated heterocycles. The molecule has 2 heterocycles. The third-order valence-electron chi connectivity index (χ3n) is 22.0. The molecule has 0 spiro atoms. The number of carbonyl (C=O) groups is 4. The number of hydrogen-bond acceptors (Lipinski definition) is 16. The molecule has 112 heavy (non-hydrogen) atoms. The number of nitrogens with zero attached hydrogens (tertiary/aromatic N) is 2. The van der Waals surface area contributed by atoms with Crippen molar-refractivity contribution in [3.05, 3.63) is 245 Å². The summed E-state index contributed by atoms with van der Waals surface area (Å²) < 4.78 is 10.9. The zero-order valence-corrected chi connectivity index (χ0v) is 71.0. The highest BCUT2D eigenvalue weighted by Gasteiger charge is 2.38. The quantitative estimate of drug-likeness (QED) is 0.0570. The Morgan fingerprint density at radius 3 is 0.741 bits per heavy atom. The van der Waals surface area contributed by atoms with Crippen LogP contribution in [-0.2, 0) is 126 Å². The highest BCUT2D eigenvalue weighted by molar-refractivity contribution is 8.76. The van der Waals surface area contributed by atoms with Crippen LogP contribution in [0, 0.1) is 0 Å². The maximum absolute atomic E-state index is 16.2. The lowest BCUT2D eigenvalue weighted by molar-refractivity contribution is -0.145. The maximum Gasteiger partial charge on any atom is 0.329 e. The SMILES string of the molecule is COC(=O)[C@@H]1CSSC[C@@H](C(=O)OC)NC(=O)[C@H](Cc2ccccc2)N2Cc3cc(C(C)(C)C)cc(c3O)Cc3cc(C(C)(C)C)cc(c3O)Cc3cc(C(C)(C)C)cc(c3O)CN(Cc3cc(C(C)(C)C)cc(c3O)Cc3cc(C(C)(C)C)cc(c3O)Cc3cc(C(C)(C)C)cc(c3O)C2)[C@H](Cc2ccccc2)C(=O)N1. The summed E-state index contributed by atoms with van der Waals surface area (Å²) in [5.41, 5.74) is 9.45. The van der Waals surface area contributed by atoms with Gasteiger partial charge in [0.25, 0.3) is 0 Å². The number of esters is 2. The predicted octanol–water partition coefficient (Wildman–Crippen LogP) is 17.3. The predicted molar refractivity (Wildman–Crippen MR) is 451 cm³/mol. The van der Waals surface area contributed by atoms with Crippen molar-refractivity contribution in [1.82, 2.24) is 20.4 Å². The molecule has 0 radical (unpaired) electrons. The van der Waals surface area contributed by atoms with Gasteiger partial charge in [-0.2, -0.15) is 0 Å². The van der Waals surface area contributed by atoms with Crippen LogP contribution in [0.4, 0.5) is 0 Å².